The van der Waals surface area contributed by atoms with Crippen molar-refractivity contribution >= 4 is 22.7 Å². The molecular weight excluding hydrogens is 392 g/mol. The highest BCUT2D eigenvalue weighted by Gasteiger charge is 2.44. The summed E-state index contributed by atoms with van der Waals surface area (Å²) in [7, 11) is 0. The molecule has 154 valence electrons. The van der Waals surface area contributed by atoms with Gasteiger partial charge in [0.05, 0.1) is 17.0 Å². The van der Waals surface area contributed by atoms with Crippen LogP contribution < -0.4 is 10.3 Å². The lowest BCUT2D eigenvalue weighted by molar-refractivity contribution is 0.0970. The number of pyridine rings is 1. The fraction of sp³-hybridized carbons (Fsp3) is 0.160. The van der Waals surface area contributed by atoms with Gasteiger partial charge in [-0.2, -0.15) is 0 Å². The minimum absolute atomic E-state index is 0.0106. The van der Waals surface area contributed by atoms with Gasteiger partial charge in [0.1, 0.15) is 17.2 Å². The summed E-state index contributed by atoms with van der Waals surface area (Å²) in [6.07, 6.45) is 1.67. The average Bonchev–Trinajstić information content (AvgIpc) is 3.03. The normalized spacial score (nSPS) is 15.5. The Morgan fingerprint density at radius 3 is 2.48 bits per heavy atom. The topological polar surface area (TPSA) is 83.6 Å². The number of aromatic nitrogens is 1. The van der Waals surface area contributed by atoms with Gasteiger partial charge in [0.2, 0.25) is 5.76 Å². The highest BCUT2D eigenvalue weighted by Crippen LogP contribution is 2.41. The molecule has 1 N–H and O–H groups in total. The van der Waals surface area contributed by atoms with Gasteiger partial charge in [0.25, 0.3) is 5.91 Å². The van der Waals surface area contributed by atoms with Crippen LogP contribution in [0.3, 0.4) is 0 Å². The highest BCUT2D eigenvalue weighted by atomic mass is 16.3. The quantitative estimate of drug-likeness (QED) is 0.521. The smallest absolute Gasteiger partial charge is 0.296 e. The molecule has 1 aliphatic rings. The van der Waals surface area contributed by atoms with Gasteiger partial charge in [-0.1, -0.05) is 18.2 Å². The van der Waals surface area contributed by atoms with E-state index in [0.717, 1.165) is 16.7 Å². The van der Waals surface area contributed by atoms with Gasteiger partial charge in [-0.3, -0.25) is 14.5 Å². The summed E-state index contributed by atoms with van der Waals surface area (Å²) in [5.74, 6) is 0.0337. The Morgan fingerprint density at radius 2 is 1.77 bits per heavy atom. The van der Waals surface area contributed by atoms with E-state index in [2.05, 4.69) is 4.98 Å². The summed E-state index contributed by atoms with van der Waals surface area (Å²) in [5.41, 5.74) is 3.88. The number of carbonyl (C=O) groups excluding carboxylic acids is 1. The zero-order valence-electron chi connectivity index (χ0n) is 17.3. The molecule has 1 atom stereocenters. The molecule has 1 aliphatic heterocycles. The first-order chi connectivity index (χ1) is 14.8. The minimum atomic E-state index is -0.757. The van der Waals surface area contributed by atoms with E-state index in [1.807, 2.05) is 26.8 Å². The molecule has 1 unspecified atom stereocenters. The molecule has 2 aromatic carbocycles. The standard InChI is InChI=1S/C25H20N2O4/c1-13-7-8-20(26-12-13)27-22(16-5-4-6-17(28)11-16)21-23(29)18-9-14(2)15(3)10-19(18)31-24(21)25(27)30/h4-12,22,28H,1-3H3. The molecule has 0 saturated heterocycles. The van der Waals surface area contributed by atoms with Gasteiger partial charge < -0.3 is 9.52 Å². The summed E-state index contributed by atoms with van der Waals surface area (Å²) < 4.78 is 6.01. The first-order valence-electron chi connectivity index (χ1n) is 9.98. The van der Waals surface area contributed by atoms with Crippen molar-refractivity contribution in [2.75, 3.05) is 4.90 Å². The van der Waals surface area contributed by atoms with Crippen molar-refractivity contribution < 1.29 is 14.3 Å². The van der Waals surface area contributed by atoms with Gasteiger partial charge in [0.15, 0.2) is 5.43 Å². The molecule has 1 amide bonds. The number of phenols is 1. The molecule has 31 heavy (non-hydrogen) atoms. The van der Waals surface area contributed by atoms with E-state index >= 15 is 0 Å². The second kappa shape index (κ2) is 6.80. The van der Waals surface area contributed by atoms with Crippen molar-refractivity contribution in [1.82, 2.24) is 4.98 Å². The van der Waals surface area contributed by atoms with Crippen molar-refractivity contribution in [3.8, 4) is 5.75 Å². The van der Waals surface area contributed by atoms with Crippen LogP contribution in [0, 0.1) is 20.8 Å². The van der Waals surface area contributed by atoms with Crippen molar-refractivity contribution in [2.24, 2.45) is 0 Å². The van der Waals surface area contributed by atoms with E-state index in [4.69, 9.17) is 4.42 Å². The SMILES string of the molecule is Cc1ccc(N2C(=O)c3oc4cc(C)c(C)cc4c(=O)c3C2c2cccc(O)c2)nc1. The van der Waals surface area contributed by atoms with Gasteiger partial charge >= 0.3 is 0 Å². The maximum Gasteiger partial charge on any atom is 0.296 e. The Balaban J connectivity index is 1.83. The van der Waals surface area contributed by atoms with E-state index in [0.29, 0.717) is 22.4 Å². The fourth-order valence-corrected chi connectivity index (χ4v) is 4.08. The Morgan fingerprint density at radius 1 is 1.00 bits per heavy atom. The van der Waals surface area contributed by atoms with Crippen LogP contribution in [0.25, 0.3) is 11.0 Å². The number of hydrogen-bond acceptors (Lipinski definition) is 5. The maximum atomic E-state index is 13.6. The van der Waals surface area contributed by atoms with Crippen LogP contribution in [0.15, 0.2) is 63.9 Å². The van der Waals surface area contributed by atoms with Crippen LogP contribution in [-0.4, -0.2) is 16.0 Å². The molecule has 3 heterocycles. The third-order valence-electron chi connectivity index (χ3n) is 5.82. The van der Waals surface area contributed by atoms with E-state index < -0.39 is 11.9 Å². The Kier molecular flexibility index (Phi) is 4.18. The number of phenolic OH excluding ortho intramolecular Hbond substituents is 1. The summed E-state index contributed by atoms with van der Waals surface area (Å²) in [5, 5.41) is 10.5. The number of hydrogen-bond donors (Lipinski definition) is 1. The molecule has 6 nitrogen and oxygen atoms in total. The number of anilines is 1. The largest absolute Gasteiger partial charge is 0.508 e. The Bertz CT molecular complexity index is 1420. The van der Waals surface area contributed by atoms with Crippen molar-refractivity contribution in [2.45, 2.75) is 26.8 Å². The Labute approximate surface area is 178 Å². The van der Waals surface area contributed by atoms with Crippen LogP contribution in [0.4, 0.5) is 5.82 Å². The molecule has 5 rings (SSSR count). The number of aromatic hydroxyl groups is 1. The van der Waals surface area contributed by atoms with Gasteiger partial charge in [0, 0.05) is 6.20 Å². The minimum Gasteiger partial charge on any atom is -0.508 e. The first kappa shape index (κ1) is 19.1. The third-order valence-corrected chi connectivity index (χ3v) is 5.82. The van der Waals surface area contributed by atoms with Crippen LogP contribution in [0.1, 0.15) is 44.4 Å². The molecule has 0 spiro atoms. The summed E-state index contributed by atoms with van der Waals surface area (Å²) in [6, 6.07) is 13.0. The van der Waals surface area contributed by atoms with Gasteiger partial charge in [-0.15, -0.1) is 0 Å². The molecule has 4 aromatic rings. The zero-order valence-corrected chi connectivity index (χ0v) is 17.3. The van der Waals surface area contributed by atoms with E-state index in [1.165, 1.54) is 4.90 Å². The van der Waals surface area contributed by atoms with Crippen LogP contribution in [0.5, 0.6) is 5.75 Å². The third kappa shape index (κ3) is 2.91. The molecule has 2 aromatic heterocycles. The molecule has 6 heteroatoms. The van der Waals surface area contributed by atoms with Gasteiger partial charge in [-0.25, -0.2) is 4.98 Å². The maximum absolute atomic E-state index is 13.6. The number of fused-ring (bicyclic) bond motifs is 2. The van der Waals surface area contributed by atoms with E-state index in [1.54, 1.807) is 48.7 Å². The van der Waals surface area contributed by atoms with E-state index in [-0.39, 0.29) is 22.5 Å². The predicted octanol–water partition coefficient (Wildman–Crippen LogP) is 4.57. The lowest BCUT2D eigenvalue weighted by Gasteiger charge is -2.24. The van der Waals surface area contributed by atoms with Crippen molar-refractivity contribution in [3.05, 3.63) is 98.5 Å². The number of carbonyl (C=O) groups is 1. The molecule has 0 radical (unpaired) electrons. The van der Waals surface area contributed by atoms with Crippen molar-refractivity contribution in [3.63, 3.8) is 0 Å². The van der Waals surface area contributed by atoms with Gasteiger partial charge in [-0.05, 0) is 73.4 Å². The number of aryl methyl sites for hydroxylation is 3. The second-order valence-electron chi connectivity index (χ2n) is 7.97. The monoisotopic (exact) mass is 412 g/mol. The zero-order chi connectivity index (χ0) is 21.9. The fourth-order valence-electron chi connectivity index (χ4n) is 4.08. The summed E-state index contributed by atoms with van der Waals surface area (Å²) in [4.78, 5) is 33.0. The molecule has 0 fully saturated rings. The lowest BCUT2D eigenvalue weighted by Crippen LogP contribution is -2.30. The second-order valence-corrected chi connectivity index (χ2v) is 7.97. The first-order valence-corrected chi connectivity index (χ1v) is 9.98. The molecular formula is C25H20N2O4. The number of nitrogens with zero attached hydrogens (tertiary/aromatic N) is 2. The molecule has 0 saturated carbocycles. The summed E-state index contributed by atoms with van der Waals surface area (Å²) >= 11 is 0. The highest BCUT2D eigenvalue weighted by molar-refractivity contribution is 6.10. The average molecular weight is 412 g/mol. The predicted molar refractivity (Wildman–Crippen MR) is 118 cm³/mol. The van der Waals surface area contributed by atoms with Crippen LogP contribution >= 0.6 is 0 Å². The molecule has 0 bridgehead atoms. The Hall–Kier alpha value is -3.93. The van der Waals surface area contributed by atoms with Crippen molar-refractivity contribution in [1.29, 1.82) is 0 Å². The number of benzene rings is 2. The summed E-state index contributed by atoms with van der Waals surface area (Å²) in [6.45, 7) is 5.77. The number of rotatable bonds is 2. The van der Waals surface area contributed by atoms with E-state index in [9.17, 15) is 14.7 Å². The van der Waals surface area contributed by atoms with Crippen LogP contribution in [-0.2, 0) is 0 Å². The number of amides is 1. The lowest BCUT2D eigenvalue weighted by atomic mass is 9.97. The molecule has 0 aliphatic carbocycles. The van der Waals surface area contributed by atoms with Crippen LogP contribution in [0.2, 0.25) is 0 Å².